The molecule has 0 heterocycles. The monoisotopic (exact) mass is 512 g/mol. The molecule has 0 amide bonds. The number of ketones is 1. The standard InChI is InChI=1S/C32H48O5/c1-19(34)37-25-17-28(4,18-33)16-21-20-15-22(35)26-30(6)11-10-24(36)27(2,3)23(30)9-12-32(26,8)31(20,7)14-13-29(21,25)5/h15,18,21,23-26,36H,9-14,16-17H2,1-8H3/t21-,23-,24-,25+,26+,28+,29+,30-,31+,32+/m0/s1. The van der Waals surface area contributed by atoms with Gasteiger partial charge in [-0.25, -0.2) is 0 Å². The number of aliphatic hydroxyl groups is 1. The minimum atomic E-state index is -0.586. The van der Waals surface area contributed by atoms with Gasteiger partial charge >= 0.3 is 5.97 Å². The van der Waals surface area contributed by atoms with Gasteiger partial charge in [0.1, 0.15) is 12.4 Å². The third kappa shape index (κ3) is 3.40. The lowest BCUT2D eigenvalue weighted by Gasteiger charge is -2.70. The zero-order chi connectivity index (χ0) is 27.4. The van der Waals surface area contributed by atoms with Crippen molar-refractivity contribution in [2.24, 2.45) is 50.2 Å². The topological polar surface area (TPSA) is 80.7 Å². The van der Waals surface area contributed by atoms with Gasteiger partial charge in [-0.15, -0.1) is 0 Å². The van der Waals surface area contributed by atoms with E-state index in [1.54, 1.807) is 0 Å². The third-order valence-corrected chi connectivity index (χ3v) is 13.2. The molecular formula is C32H48O5. The molecule has 0 aromatic heterocycles. The van der Waals surface area contributed by atoms with Crippen molar-refractivity contribution in [1.82, 2.24) is 0 Å². The normalized spacial score (nSPS) is 52.5. The van der Waals surface area contributed by atoms with Crippen molar-refractivity contribution in [2.75, 3.05) is 0 Å². The highest BCUT2D eigenvalue weighted by Gasteiger charge is 2.71. The summed E-state index contributed by atoms with van der Waals surface area (Å²) in [4.78, 5) is 38.8. The van der Waals surface area contributed by atoms with Gasteiger partial charge < -0.3 is 14.6 Å². The van der Waals surface area contributed by atoms with E-state index < -0.39 is 5.41 Å². The number of ether oxygens (including phenoxy) is 1. The SMILES string of the molecule is CC(=O)O[C@@H]1C[C@](C)(C=O)C[C@H]2C3=CC(=O)[C@@H]4[C@@]5(C)CC[C@H](O)C(C)(C)[C@@H]5CC[C@@]4(C)[C@]3(C)CC[C@@]12C. The van der Waals surface area contributed by atoms with E-state index >= 15 is 0 Å². The summed E-state index contributed by atoms with van der Waals surface area (Å²) in [6.07, 6.45) is 9.09. The summed E-state index contributed by atoms with van der Waals surface area (Å²) < 4.78 is 5.92. The van der Waals surface area contributed by atoms with E-state index in [0.29, 0.717) is 18.8 Å². The number of hydrogen-bond acceptors (Lipinski definition) is 5. The number of aliphatic hydroxyl groups excluding tert-OH is 1. The lowest BCUT2D eigenvalue weighted by molar-refractivity contribution is -0.208. The van der Waals surface area contributed by atoms with Gasteiger partial charge in [-0.1, -0.05) is 54.0 Å². The summed E-state index contributed by atoms with van der Waals surface area (Å²) in [5, 5.41) is 10.9. The molecule has 37 heavy (non-hydrogen) atoms. The molecule has 5 nitrogen and oxygen atoms in total. The Hall–Kier alpha value is -1.49. The predicted molar refractivity (Wildman–Crippen MR) is 142 cm³/mol. The van der Waals surface area contributed by atoms with Crippen molar-refractivity contribution < 1.29 is 24.2 Å². The Morgan fingerprint density at radius 2 is 1.65 bits per heavy atom. The average molecular weight is 513 g/mol. The third-order valence-electron chi connectivity index (χ3n) is 13.2. The second-order valence-corrected chi connectivity index (χ2v) is 15.5. The van der Waals surface area contributed by atoms with Gasteiger partial charge in [-0.3, -0.25) is 9.59 Å². The number of fused-ring (bicyclic) bond motifs is 7. The molecule has 0 saturated heterocycles. The first-order valence-corrected chi connectivity index (χ1v) is 14.6. The molecule has 5 aliphatic carbocycles. The molecule has 206 valence electrons. The van der Waals surface area contributed by atoms with Crippen molar-refractivity contribution in [3.05, 3.63) is 11.6 Å². The number of rotatable bonds is 2. The van der Waals surface area contributed by atoms with Gasteiger partial charge in [-0.05, 0) is 90.9 Å². The first kappa shape index (κ1) is 27.1. The second-order valence-electron chi connectivity index (χ2n) is 15.5. The Bertz CT molecular complexity index is 1060. The Kier molecular flexibility index (Phi) is 5.87. The maximum absolute atomic E-state index is 14.4. The van der Waals surface area contributed by atoms with Crippen LogP contribution in [-0.2, 0) is 19.1 Å². The van der Waals surface area contributed by atoms with Gasteiger partial charge in [0.2, 0.25) is 0 Å². The van der Waals surface area contributed by atoms with Crippen molar-refractivity contribution in [2.45, 2.75) is 119 Å². The van der Waals surface area contributed by atoms with E-state index in [4.69, 9.17) is 4.74 Å². The summed E-state index contributed by atoms with van der Waals surface area (Å²) in [6.45, 7) is 17.1. The number of hydrogen-bond donors (Lipinski definition) is 1. The molecule has 0 spiro atoms. The minimum absolute atomic E-state index is 0.0245. The summed E-state index contributed by atoms with van der Waals surface area (Å²) >= 11 is 0. The molecule has 10 atom stereocenters. The largest absolute Gasteiger partial charge is 0.462 e. The zero-order valence-electron chi connectivity index (χ0n) is 24.3. The lowest BCUT2D eigenvalue weighted by Crippen LogP contribution is -2.67. The molecular weight excluding hydrogens is 464 g/mol. The highest BCUT2D eigenvalue weighted by atomic mass is 16.5. The van der Waals surface area contributed by atoms with Gasteiger partial charge in [0.25, 0.3) is 0 Å². The number of carbonyl (C=O) groups is 3. The fourth-order valence-corrected chi connectivity index (χ4v) is 10.8. The molecule has 4 fully saturated rings. The van der Waals surface area contributed by atoms with Crippen molar-refractivity contribution in [3.8, 4) is 0 Å². The van der Waals surface area contributed by atoms with Crippen LogP contribution >= 0.6 is 0 Å². The van der Waals surface area contributed by atoms with E-state index in [-0.39, 0.29) is 62.9 Å². The maximum Gasteiger partial charge on any atom is 0.302 e. The fraction of sp³-hybridized carbons (Fsp3) is 0.844. The zero-order valence-corrected chi connectivity index (χ0v) is 24.3. The smallest absolute Gasteiger partial charge is 0.302 e. The van der Waals surface area contributed by atoms with Crippen LogP contribution < -0.4 is 0 Å². The molecule has 0 unspecified atom stereocenters. The molecule has 0 aliphatic heterocycles. The Morgan fingerprint density at radius 3 is 2.27 bits per heavy atom. The number of aldehydes is 1. The number of carbonyl (C=O) groups excluding carboxylic acids is 3. The Labute approximate surface area is 223 Å². The van der Waals surface area contributed by atoms with Crippen LogP contribution in [0.3, 0.4) is 0 Å². The van der Waals surface area contributed by atoms with Gasteiger partial charge in [0.15, 0.2) is 5.78 Å². The van der Waals surface area contributed by atoms with Crippen LogP contribution in [0.4, 0.5) is 0 Å². The van der Waals surface area contributed by atoms with Crippen LogP contribution in [0.5, 0.6) is 0 Å². The fourth-order valence-electron chi connectivity index (χ4n) is 10.8. The van der Waals surface area contributed by atoms with Crippen LogP contribution in [0, 0.1) is 50.2 Å². The maximum atomic E-state index is 14.4. The van der Waals surface area contributed by atoms with Gasteiger partial charge in [-0.2, -0.15) is 0 Å². The Morgan fingerprint density at radius 1 is 0.973 bits per heavy atom. The molecule has 1 N–H and O–H groups in total. The van der Waals surface area contributed by atoms with Crippen LogP contribution in [0.15, 0.2) is 11.6 Å². The van der Waals surface area contributed by atoms with Gasteiger partial charge in [0, 0.05) is 23.7 Å². The molecule has 0 radical (unpaired) electrons. The number of esters is 1. The summed E-state index contributed by atoms with van der Waals surface area (Å²) in [5.74, 6) is 0.188. The summed E-state index contributed by atoms with van der Waals surface area (Å²) in [6, 6.07) is 0. The highest BCUT2D eigenvalue weighted by Crippen LogP contribution is 2.75. The predicted octanol–water partition coefficient (Wildman–Crippen LogP) is 6.07. The molecule has 5 aliphatic rings. The summed E-state index contributed by atoms with van der Waals surface area (Å²) in [7, 11) is 0. The van der Waals surface area contributed by atoms with Gasteiger partial charge in [0.05, 0.1) is 6.10 Å². The van der Waals surface area contributed by atoms with Crippen LogP contribution in [-0.4, -0.2) is 35.4 Å². The van der Waals surface area contributed by atoms with Crippen molar-refractivity contribution in [3.63, 3.8) is 0 Å². The van der Waals surface area contributed by atoms with E-state index in [2.05, 4.69) is 41.5 Å². The minimum Gasteiger partial charge on any atom is -0.462 e. The molecule has 0 bridgehead atoms. The van der Waals surface area contributed by atoms with Crippen molar-refractivity contribution in [1.29, 1.82) is 0 Å². The molecule has 5 rings (SSSR count). The van der Waals surface area contributed by atoms with E-state index in [1.807, 2.05) is 13.0 Å². The van der Waals surface area contributed by atoms with E-state index in [1.165, 1.54) is 12.5 Å². The molecule has 5 heteroatoms. The first-order chi connectivity index (χ1) is 17.0. The van der Waals surface area contributed by atoms with E-state index in [9.17, 15) is 19.5 Å². The first-order valence-electron chi connectivity index (χ1n) is 14.6. The van der Waals surface area contributed by atoms with Crippen molar-refractivity contribution >= 4 is 18.0 Å². The summed E-state index contributed by atoms with van der Waals surface area (Å²) in [5.41, 5.74) is -0.387. The molecule has 0 aromatic rings. The van der Waals surface area contributed by atoms with Crippen LogP contribution in [0.1, 0.15) is 107 Å². The highest BCUT2D eigenvalue weighted by molar-refractivity contribution is 5.95. The van der Waals surface area contributed by atoms with Crippen LogP contribution in [0.2, 0.25) is 0 Å². The average Bonchev–Trinajstić information content (AvgIpc) is 2.79. The molecule has 4 saturated carbocycles. The second kappa shape index (κ2) is 8.02. The lowest BCUT2D eigenvalue weighted by atomic mass is 9.33. The number of allylic oxidation sites excluding steroid dienone is 2. The Balaban J connectivity index is 1.63. The van der Waals surface area contributed by atoms with Crippen LogP contribution in [0.25, 0.3) is 0 Å². The van der Waals surface area contributed by atoms with E-state index in [0.717, 1.165) is 44.8 Å². The molecule has 0 aromatic carbocycles. The quantitative estimate of drug-likeness (QED) is 0.359.